The number of anilines is 2. The molecule has 10 N–H and O–H groups in total. The maximum atomic E-state index is 13.0. The summed E-state index contributed by atoms with van der Waals surface area (Å²) >= 11 is 2.64. The monoisotopic (exact) mass is 718 g/mol. The third-order valence-electron chi connectivity index (χ3n) is 8.32. The number of likely N-dealkylation sites (tertiary alicyclic amines) is 2. The molecule has 0 spiro atoms. The van der Waals surface area contributed by atoms with Crippen LogP contribution in [0.1, 0.15) is 59.2 Å². The van der Waals surface area contributed by atoms with E-state index in [9.17, 15) is 19.2 Å². The van der Waals surface area contributed by atoms with E-state index in [1.165, 1.54) is 22.7 Å². The maximum Gasteiger partial charge on any atom is 0.317 e. The van der Waals surface area contributed by atoms with Gasteiger partial charge in [0.1, 0.15) is 10.0 Å². The highest BCUT2D eigenvalue weighted by Crippen LogP contribution is 2.37. The SMILES string of the molecule is NC(=O)Nc1sc(-c2ccncc2)cc1C(=O)N1CCCC[C@H](N)C1.NC(=O)Nc1sc(-c2ccncc2)cc1C(=O)N1CCCC[C@H](N)C1. The van der Waals surface area contributed by atoms with Gasteiger partial charge in [-0.05, 0) is 73.2 Å². The van der Waals surface area contributed by atoms with Gasteiger partial charge < -0.3 is 32.7 Å². The minimum absolute atomic E-state index is 0.0164. The van der Waals surface area contributed by atoms with Gasteiger partial charge in [-0.3, -0.25) is 30.2 Å². The minimum atomic E-state index is -0.690. The van der Waals surface area contributed by atoms with Gasteiger partial charge in [0.15, 0.2) is 0 Å². The molecule has 14 nitrogen and oxygen atoms in total. The molecule has 6 amide bonds. The summed E-state index contributed by atoms with van der Waals surface area (Å²) in [6.07, 6.45) is 12.5. The fourth-order valence-electron chi connectivity index (χ4n) is 5.89. The van der Waals surface area contributed by atoms with E-state index < -0.39 is 12.1 Å². The Morgan fingerprint density at radius 1 is 0.640 bits per heavy atom. The average molecular weight is 719 g/mol. The van der Waals surface area contributed by atoms with Gasteiger partial charge in [0.05, 0.1) is 11.1 Å². The van der Waals surface area contributed by atoms with Crippen molar-refractivity contribution in [2.75, 3.05) is 36.8 Å². The van der Waals surface area contributed by atoms with Crippen molar-refractivity contribution in [3.63, 3.8) is 0 Å². The number of carbonyl (C=O) groups excluding carboxylic acids is 4. The molecule has 16 heteroatoms. The van der Waals surface area contributed by atoms with E-state index in [2.05, 4.69) is 20.6 Å². The number of urea groups is 2. The molecule has 264 valence electrons. The summed E-state index contributed by atoms with van der Waals surface area (Å²) in [5.74, 6) is -0.254. The van der Waals surface area contributed by atoms with E-state index in [-0.39, 0.29) is 23.9 Å². The summed E-state index contributed by atoms with van der Waals surface area (Å²) in [7, 11) is 0. The number of pyridine rings is 2. The van der Waals surface area contributed by atoms with Gasteiger partial charge >= 0.3 is 12.1 Å². The Morgan fingerprint density at radius 2 is 1.02 bits per heavy atom. The Kier molecular flexibility index (Phi) is 12.5. The van der Waals surface area contributed by atoms with Crippen LogP contribution in [0, 0.1) is 0 Å². The summed E-state index contributed by atoms with van der Waals surface area (Å²) < 4.78 is 0. The molecule has 2 fully saturated rings. The fraction of sp³-hybridized carbons (Fsp3) is 0.353. The van der Waals surface area contributed by atoms with Crippen LogP contribution in [0.5, 0.6) is 0 Å². The molecule has 6 heterocycles. The summed E-state index contributed by atoms with van der Waals surface area (Å²) in [6.45, 7) is 2.39. The summed E-state index contributed by atoms with van der Waals surface area (Å²) in [5.41, 5.74) is 25.4. The lowest BCUT2D eigenvalue weighted by Gasteiger charge is -2.22. The zero-order valence-corrected chi connectivity index (χ0v) is 29.2. The normalized spacial score (nSPS) is 17.8. The molecule has 2 aliphatic rings. The van der Waals surface area contributed by atoms with Crippen LogP contribution >= 0.6 is 22.7 Å². The van der Waals surface area contributed by atoms with E-state index >= 15 is 0 Å². The third-order valence-corrected chi connectivity index (χ3v) is 10.5. The van der Waals surface area contributed by atoms with Crippen LogP contribution in [-0.4, -0.2) is 81.9 Å². The van der Waals surface area contributed by atoms with Crippen molar-refractivity contribution in [2.24, 2.45) is 22.9 Å². The number of carbonyl (C=O) groups is 4. The van der Waals surface area contributed by atoms with E-state index in [1.807, 2.05) is 24.3 Å². The molecule has 0 aliphatic carbocycles. The molecule has 2 atom stereocenters. The molecule has 4 aromatic heterocycles. The topological polar surface area (TPSA) is 229 Å². The molecule has 0 bridgehead atoms. The van der Waals surface area contributed by atoms with E-state index in [0.717, 1.165) is 59.4 Å². The van der Waals surface area contributed by atoms with Crippen LogP contribution < -0.4 is 33.6 Å². The van der Waals surface area contributed by atoms with Crippen LogP contribution in [0.2, 0.25) is 0 Å². The molecular weight excluding hydrogens is 677 g/mol. The minimum Gasteiger partial charge on any atom is -0.351 e. The number of primary amides is 2. The Balaban J connectivity index is 0.000000194. The smallest absolute Gasteiger partial charge is 0.317 e. The van der Waals surface area contributed by atoms with Gasteiger partial charge in [0, 0.05) is 72.8 Å². The lowest BCUT2D eigenvalue weighted by atomic mass is 10.1. The Bertz CT molecular complexity index is 1650. The molecule has 2 aliphatic heterocycles. The van der Waals surface area contributed by atoms with Crippen molar-refractivity contribution in [1.82, 2.24) is 19.8 Å². The molecule has 50 heavy (non-hydrogen) atoms. The lowest BCUT2D eigenvalue weighted by molar-refractivity contribution is 0.0749. The summed E-state index contributed by atoms with van der Waals surface area (Å²) in [6, 6.07) is 9.61. The number of thiophene rings is 2. The molecule has 0 unspecified atom stereocenters. The van der Waals surface area contributed by atoms with Crippen molar-refractivity contribution in [3.05, 3.63) is 72.3 Å². The van der Waals surface area contributed by atoms with Crippen LogP contribution in [0.4, 0.5) is 19.6 Å². The molecule has 0 saturated carbocycles. The first kappa shape index (κ1) is 36.4. The number of hydrogen-bond acceptors (Lipinski definition) is 10. The van der Waals surface area contributed by atoms with Crippen molar-refractivity contribution in [3.8, 4) is 20.9 Å². The predicted octanol–water partition coefficient (Wildman–Crippen LogP) is 4.51. The molecular formula is C34H42N10O4S2. The molecule has 6 rings (SSSR count). The first-order chi connectivity index (χ1) is 24.1. The fourth-order valence-corrected chi connectivity index (χ4v) is 8.00. The number of hydrogen-bond donors (Lipinski definition) is 6. The first-order valence-corrected chi connectivity index (χ1v) is 18.0. The second kappa shape index (κ2) is 17.2. The summed E-state index contributed by atoms with van der Waals surface area (Å²) in [5, 5.41) is 6.07. The highest BCUT2D eigenvalue weighted by molar-refractivity contribution is 7.20. The number of amides is 6. The average Bonchev–Trinajstić information content (AvgIpc) is 3.55. The summed E-state index contributed by atoms with van der Waals surface area (Å²) in [4.78, 5) is 62.0. The van der Waals surface area contributed by atoms with Crippen LogP contribution in [0.15, 0.2) is 61.2 Å². The number of nitrogens with one attached hydrogen (secondary N) is 2. The number of rotatable bonds is 6. The van der Waals surface area contributed by atoms with Gasteiger partial charge in [-0.25, -0.2) is 9.59 Å². The molecule has 0 radical (unpaired) electrons. The maximum absolute atomic E-state index is 13.0. The predicted molar refractivity (Wildman–Crippen MR) is 197 cm³/mol. The quantitative estimate of drug-likeness (QED) is 0.166. The highest BCUT2D eigenvalue weighted by atomic mass is 32.1. The first-order valence-electron chi connectivity index (χ1n) is 16.4. The Hall–Kier alpha value is -4.90. The van der Waals surface area contributed by atoms with Crippen molar-refractivity contribution in [1.29, 1.82) is 0 Å². The van der Waals surface area contributed by atoms with Gasteiger partial charge in [-0.15, -0.1) is 22.7 Å². The number of nitrogens with two attached hydrogens (primary N) is 4. The lowest BCUT2D eigenvalue weighted by Crippen LogP contribution is -2.40. The van der Waals surface area contributed by atoms with Gasteiger partial charge in [0.25, 0.3) is 11.8 Å². The molecule has 2 saturated heterocycles. The van der Waals surface area contributed by atoms with Gasteiger partial charge in [-0.1, -0.05) is 12.8 Å². The van der Waals surface area contributed by atoms with Crippen LogP contribution in [0.25, 0.3) is 20.9 Å². The third kappa shape index (κ3) is 9.62. The van der Waals surface area contributed by atoms with Crippen molar-refractivity contribution < 1.29 is 19.2 Å². The molecule has 0 aromatic carbocycles. The largest absolute Gasteiger partial charge is 0.351 e. The zero-order valence-electron chi connectivity index (χ0n) is 27.5. The molecule has 4 aromatic rings. The highest BCUT2D eigenvalue weighted by Gasteiger charge is 2.27. The van der Waals surface area contributed by atoms with Crippen LogP contribution in [-0.2, 0) is 0 Å². The van der Waals surface area contributed by atoms with E-state index in [1.54, 1.807) is 46.7 Å². The number of aromatic nitrogens is 2. The standard InChI is InChI=1S/2C17H21N5O2S/c2*18-12-3-1-2-8-22(10-12)16(23)13-9-14(11-4-6-20-7-5-11)25-15(13)21-17(19)24/h2*4-7,9,12H,1-3,8,10,18H2,(H3,19,21,24)/t2*12-/m00/s1. The van der Waals surface area contributed by atoms with Crippen molar-refractivity contribution >= 4 is 56.6 Å². The Morgan fingerprint density at radius 3 is 1.38 bits per heavy atom. The second-order valence-electron chi connectivity index (χ2n) is 12.2. The van der Waals surface area contributed by atoms with E-state index in [0.29, 0.717) is 47.3 Å². The van der Waals surface area contributed by atoms with Gasteiger partial charge in [0.2, 0.25) is 0 Å². The van der Waals surface area contributed by atoms with Crippen LogP contribution in [0.3, 0.4) is 0 Å². The second-order valence-corrected chi connectivity index (χ2v) is 14.3. The zero-order chi connectivity index (χ0) is 35.6. The Labute approximate surface area is 298 Å². The van der Waals surface area contributed by atoms with Crippen molar-refractivity contribution in [2.45, 2.75) is 50.6 Å². The number of nitrogens with zero attached hydrogens (tertiary/aromatic N) is 4. The van der Waals surface area contributed by atoms with E-state index in [4.69, 9.17) is 22.9 Å². The van der Waals surface area contributed by atoms with Gasteiger partial charge in [-0.2, -0.15) is 0 Å².